The number of nitrogens with zero attached hydrogens (tertiary/aromatic N) is 1. The van der Waals surface area contributed by atoms with Crippen molar-refractivity contribution in [3.8, 4) is 22.8 Å². The summed E-state index contributed by atoms with van der Waals surface area (Å²) >= 11 is 0. The first kappa shape index (κ1) is 14.6. The zero-order valence-electron chi connectivity index (χ0n) is 13.3. The molecule has 0 amide bonds. The van der Waals surface area contributed by atoms with Gasteiger partial charge in [-0.15, -0.1) is 0 Å². The molecular formula is C18H16FN3O2. The summed E-state index contributed by atoms with van der Waals surface area (Å²) in [6.45, 7) is 0. The zero-order valence-corrected chi connectivity index (χ0v) is 13.3. The van der Waals surface area contributed by atoms with E-state index in [1.165, 1.54) is 6.07 Å². The molecule has 0 unspecified atom stereocenters. The van der Waals surface area contributed by atoms with E-state index in [4.69, 9.17) is 9.47 Å². The van der Waals surface area contributed by atoms with Gasteiger partial charge in [0.25, 0.3) is 0 Å². The molecule has 0 saturated carbocycles. The first-order valence-electron chi connectivity index (χ1n) is 7.55. The Bertz CT molecular complexity index is 921. The lowest BCUT2D eigenvalue weighted by molar-refractivity contribution is 0.355. The number of anilines is 2. The summed E-state index contributed by atoms with van der Waals surface area (Å²) in [6, 6.07) is 10.4. The number of rotatable bonds is 4. The average Bonchev–Trinajstić information content (AvgIpc) is 3.15. The van der Waals surface area contributed by atoms with Gasteiger partial charge in [0, 0.05) is 17.5 Å². The number of methoxy groups -OCH3 is 2. The van der Waals surface area contributed by atoms with E-state index >= 15 is 0 Å². The summed E-state index contributed by atoms with van der Waals surface area (Å²) in [5.41, 5.74) is 4.47. The van der Waals surface area contributed by atoms with Gasteiger partial charge in [-0.05, 0) is 29.8 Å². The first-order valence-corrected chi connectivity index (χ1v) is 7.55. The second-order valence-electron chi connectivity index (χ2n) is 5.57. The van der Waals surface area contributed by atoms with Crippen LogP contribution in [0.15, 0.2) is 36.4 Å². The maximum Gasteiger partial charge on any atom is 0.161 e. The summed E-state index contributed by atoms with van der Waals surface area (Å²) in [5, 5.41) is 10.4. The number of aromatic amines is 1. The van der Waals surface area contributed by atoms with Crippen molar-refractivity contribution in [3.05, 3.63) is 53.3 Å². The lowest BCUT2D eigenvalue weighted by Gasteiger charge is -2.10. The number of halogens is 1. The molecule has 6 heteroatoms. The summed E-state index contributed by atoms with van der Waals surface area (Å²) < 4.78 is 24.6. The van der Waals surface area contributed by atoms with Gasteiger partial charge >= 0.3 is 0 Å². The Kier molecular flexibility index (Phi) is 3.37. The van der Waals surface area contributed by atoms with Gasteiger partial charge in [0.2, 0.25) is 0 Å². The lowest BCUT2D eigenvalue weighted by Crippen LogP contribution is -1.97. The molecule has 1 heterocycles. The van der Waals surface area contributed by atoms with E-state index in [0.717, 1.165) is 22.4 Å². The van der Waals surface area contributed by atoms with E-state index in [1.54, 1.807) is 32.4 Å². The zero-order chi connectivity index (χ0) is 16.7. The number of ether oxygens (including phenoxy) is 2. The monoisotopic (exact) mass is 325 g/mol. The first-order chi connectivity index (χ1) is 11.7. The highest BCUT2D eigenvalue weighted by Gasteiger charge is 2.27. The van der Waals surface area contributed by atoms with E-state index in [2.05, 4.69) is 15.5 Å². The topological polar surface area (TPSA) is 59.2 Å². The predicted molar refractivity (Wildman–Crippen MR) is 89.6 cm³/mol. The number of fused-ring (bicyclic) bond motifs is 3. The minimum Gasteiger partial charge on any atom is -0.493 e. The van der Waals surface area contributed by atoms with Gasteiger partial charge in [-0.3, -0.25) is 5.10 Å². The smallest absolute Gasteiger partial charge is 0.161 e. The molecule has 122 valence electrons. The Morgan fingerprint density at radius 2 is 1.88 bits per heavy atom. The Morgan fingerprint density at radius 1 is 1.12 bits per heavy atom. The van der Waals surface area contributed by atoms with Gasteiger partial charge in [0.1, 0.15) is 5.82 Å². The van der Waals surface area contributed by atoms with Crippen molar-refractivity contribution in [2.24, 2.45) is 0 Å². The molecular weight excluding hydrogens is 309 g/mol. The SMILES string of the molecule is COc1cc2c(cc1OC)-c1[nH]nc(Nc3ccccc3F)c1C2. The second kappa shape index (κ2) is 5.56. The molecule has 0 spiro atoms. The van der Waals surface area contributed by atoms with Crippen LogP contribution in [0.25, 0.3) is 11.3 Å². The van der Waals surface area contributed by atoms with Crippen LogP contribution in [0, 0.1) is 5.82 Å². The predicted octanol–water partition coefficient (Wildman–Crippen LogP) is 3.88. The minimum atomic E-state index is -0.312. The van der Waals surface area contributed by atoms with Crippen molar-refractivity contribution in [1.29, 1.82) is 0 Å². The van der Waals surface area contributed by atoms with Crippen LogP contribution in [0.1, 0.15) is 11.1 Å². The molecule has 0 saturated heterocycles. The third kappa shape index (κ3) is 2.19. The molecule has 0 atom stereocenters. The number of benzene rings is 2. The summed E-state index contributed by atoms with van der Waals surface area (Å²) in [7, 11) is 3.23. The van der Waals surface area contributed by atoms with Crippen LogP contribution in [0.4, 0.5) is 15.9 Å². The van der Waals surface area contributed by atoms with Gasteiger partial charge in [-0.1, -0.05) is 12.1 Å². The van der Waals surface area contributed by atoms with Crippen LogP contribution in [-0.2, 0) is 6.42 Å². The third-order valence-electron chi connectivity index (χ3n) is 4.24. The Labute approximate surface area is 138 Å². The molecule has 3 aromatic rings. The van der Waals surface area contributed by atoms with Crippen LogP contribution in [0.5, 0.6) is 11.5 Å². The van der Waals surface area contributed by atoms with E-state index < -0.39 is 0 Å². The lowest BCUT2D eigenvalue weighted by atomic mass is 10.1. The molecule has 0 fully saturated rings. The standard InChI is InChI=1S/C18H16FN3O2/c1-23-15-8-10-7-12-17(11(10)9-16(15)24-2)21-22-18(12)20-14-6-4-3-5-13(14)19/h3-6,8-9H,7H2,1-2H3,(H2,20,21,22). The van der Waals surface area contributed by atoms with E-state index in [-0.39, 0.29) is 5.82 Å². The largest absolute Gasteiger partial charge is 0.493 e. The molecule has 2 aromatic carbocycles. The Morgan fingerprint density at radius 3 is 2.62 bits per heavy atom. The third-order valence-corrected chi connectivity index (χ3v) is 4.24. The maximum absolute atomic E-state index is 13.9. The Hall–Kier alpha value is -3.02. The van der Waals surface area contributed by atoms with Crippen LogP contribution in [0.2, 0.25) is 0 Å². The fourth-order valence-corrected chi connectivity index (χ4v) is 3.04. The van der Waals surface area contributed by atoms with E-state index in [9.17, 15) is 4.39 Å². The molecule has 0 radical (unpaired) electrons. The Balaban J connectivity index is 1.73. The van der Waals surface area contributed by atoms with Crippen molar-refractivity contribution < 1.29 is 13.9 Å². The van der Waals surface area contributed by atoms with Crippen LogP contribution < -0.4 is 14.8 Å². The fourth-order valence-electron chi connectivity index (χ4n) is 3.04. The average molecular weight is 325 g/mol. The van der Waals surface area contributed by atoms with Crippen molar-refractivity contribution in [2.75, 3.05) is 19.5 Å². The molecule has 1 aliphatic carbocycles. The molecule has 1 aliphatic rings. The molecule has 1 aromatic heterocycles. The minimum absolute atomic E-state index is 0.312. The fraction of sp³-hybridized carbons (Fsp3) is 0.167. The molecule has 0 bridgehead atoms. The van der Waals surface area contributed by atoms with Crippen molar-refractivity contribution in [1.82, 2.24) is 10.2 Å². The van der Waals surface area contributed by atoms with Gasteiger partial charge in [0.05, 0.1) is 25.6 Å². The quantitative estimate of drug-likeness (QED) is 0.598. The number of para-hydroxylation sites is 1. The molecule has 4 rings (SSSR count). The summed E-state index contributed by atoms with van der Waals surface area (Å²) in [4.78, 5) is 0. The van der Waals surface area contributed by atoms with Crippen LogP contribution in [-0.4, -0.2) is 24.4 Å². The number of hydrogen-bond donors (Lipinski definition) is 2. The van der Waals surface area contributed by atoms with Gasteiger partial charge < -0.3 is 14.8 Å². The highest BCUT2D eigenvalue weighted by atomic mass is 19.1. The van der Waals surface area contributed by atoms with Gasteiger partial charge in [0.15, 0.2) is 17.3 Å². The van der Waals surface area contributed by atoms with Crippen molar-refractivity contribution in [3.63, 3.8) is 0 Å². The van der Waals surface area contributed by atoms with Gasteiger partial charge in [-0.2, -0.15) is 5.10 Å². The summed E-state index contributed by atoms with van der Waals surface area (Å²) in [5.74, 6) is 1.68. The van der Waals surface area contributed by atoms with Crippen LogP contribution in [0.3, 0.4) is 0 Å². The highest BCUT2D eigenvalue weighted by molar-refractivity contribution is 5.81. The van der Waals surface area contributed by atoms with Crippen molar-refractivity contribution in [2.45, 2.75) is 6.42 Å². The van der Waals surface area contributed by atoms with E-state index in [1.807, 2.05) is 12.1 Å². The molecule has 24 heavy (non-hydrogen) atoms. The maximum atomic E-state index is 13.9. The normalized spacial score (nSPS) is 11.8. The molecule has 2 N–H and O–H groups in total. The molecule has 5 nitrogen and oxygen atoms in total. The summed E-state index contributed by atoms with van der Waals surface area (Å²) in [6.07, 6.45) is 0.693. The number of H-pyrrole nitrogens is 1. The number of nitrogens with one attached hydrogen (secondary N) is 2. The number of hydrogen-bond acceptors (Lipinski definition) is 4. The second-order valence-corrected chi connectivity index (χ2v) is 5.57. The molecule has 0 aliphatic heterocycles. The van der Waals surface area contributed by atoms with Crippen molar-refractivity contribution >= 4 is 11.5 Å². The van der Waals surface area contributed by atoms with Crippen LogP contribution >= 0.6 is 0 Å². The number of aromatic nitrogens is 2. The van der Waals surface area contributed by atoms with Gasteiger partial charge in [-0.25, -0.2) is 4.39 Å². The highest BCUT2D eigenvalue weighted by Crippen LogP contribution is 2.44. The van der Waals surface area contributed by atoms with E-state index in [0.29, 0.717) is 29.4 Å².